The Morgan fingerprint density at radius 2 is 2.04 bits per heavy atom. The fraction of sp³-hybridized carbons (Fsp3) is 0.250. The van der Waals surface area contributed by atoms with Crippen molar-refractivity contribution in [2.75, 3.05) is 13.7 Å². The number of pyridine rings is 1. The van der Waals surface area contributed by atoms with E-state index in [1.807, 2.05) is 12.1 Å². The Morgan fingerprint density at radius 3 is 2.74 bits per heavy atom. The molecule has 1 atom stereocenters. The number of aliphatic hydroxyl groups excluding tert-OH is 1. The van der Waals surface area contributed by atoms with E-state index in [0.29, 0.717) is 22.9 Å². The first-order chi connectivity index (χ1) is 11.2. The van der Waals surface area contributed by atoms with Crippen molar-refractivity contribution in [2.24, 2.45) is 5.73 Å². The van der Waals surface area contributed by atoms with Gasteiger partial charge in [0.25, 0.3) is 0 Å². The third-order valence-electron chi connectivity index (χ3n) is 3.11. The van der Waals surface area contributed by atoms with Crippen LogP contribution in [0.1, 0.15) is 5.56 Å². The number of amides is 1. The molecule has 23 heavy (non-hydrogen) atoms. The number of rotatable bonds is 7. The average molecular weight is 317 g/mol. The van der Waals surface area contributed by atoms with E-state index in [9.17, 15) is 4.79 Å². The Bertz CT molecular complexity index is 663. The minimum Gasteiger partial charge on any atom is -0.493 e. The summed E-state index contributed by atoms with van der Waals surface area (Å²) in [4.78, 5) is 15.8. The number of carbonyl (C=O) groups is 1. The van der Waals surface area contributed by atoms with Gasteiger partial charge in [-0.1, -0.05) is 18.2 Å². The summed E-state index contributed by atoms with van der Waals surface area (Å²) in [5, 5.41) is 11.5. The highest BCUT2D eigenvalue weighted by molar-refractivity contribution is 5.81. The molecule has 122 valence electrons. The van der Waals surface area contributed by atoms with Crippen molar-refractivity contribution in [1.82, 2.24) is 10.3 Å². The molecule has 0 saturated carbocycles. The van der Waals surface area contributed by atoms with Gasteiger partial charge in [0.2, 0.25) is 11.8 Å². The highest BCUT2D eigenvalue weighted by Gasteiger charge is 2.14. The summed E-state index contributed by atoms with van der Waals surface area (Å²) >= 11 is 0. The van der Waals surface area contributed by atoms with E-state index in [0.717, 1.165) is 0 Å². The van der Waals surface area contributed by atoms with Gasteiger partial charge in [-0.25, -0.2) is 4.98 Å². The molecule has 0 bridgehead atoms. The molecule has 0 radical (unpaired) electrons. The van der Waals surface area contributed by atoms with Gasteiger partial charge in [-0.2, -0.15) is 0 Å². The second-order valence-corrected chi connectivity index (χ2v) is 4.73. The first-order valence-electron chi connectivity index (χ1n) is 7.04. The fourth-order valence-electron chi connectivity index (χ4n) is 1.85. The Morgan fingerprint density at radius 1 is 1.30 bits per heavy atom. The van der Waals surface area contributed by atoms with E-state index in [1.54, 1.807) is 37.6 Å². The summed E-state index contributed by atoms with van der Waals surface area (Å²) in [5.74, 6) is 1.01. The van der Waals surface area contributed by atoms with Crippen LogP contribution in [0.3, 0.4) is 0 Å². The molecule has 1 heterocycles. The van der Waals surface area contributed by atoms with E-state index in [1.165, 1.54) is 0 Å². The molecule has 0 unspecified atom stereocenters. The van der Waals surface area contributed by atoms with Crippen LogP contribution in [0.25, 0.3) is 0 Å². The number of aliphatic hydroxyl groups is 1. The Hall–Kier alpha value is -2.64. The maximum Gasteiger partial charge on any atom is 0.239 e. The fourth-order valence-corrected chi connectivity index (χ4v) is 1.85. The van der Waals surface area contributed by atoms with Crippen LogP contribution in [0.5, 0.6) is 17.4 Å². The molecule has 0 aliphatic carbocycles. The third kappa shape index (κ3) is 4.41. The second kappa shape index (κ2) is 8.11. The van der Waals surface area contributed by atoms with Crippen LogP contribution in [-0.2, 0) is 11.3 Å². The lowest BCUT2D eigenvalue weighted by Gasteiger charge is -2.14. The predicted molar refractivity (Wildman–Crippen MR) is 84.2 cm³/mol. The Labute approximate surface area is 134 Å². The zero-order chi connectivity index (χ0) is 16.7. The van der Waals surface area contributed by atoms with Crippen molar-refractivity contribution in [1.29, 1.82) is 0 Å². The number of para-hydroxylation sites is 2. The normalized spacial score (nSPS) is 11.6. The van der Waals surface area contributed by atoms with Gasteiger partial charge in [-0.15, -0.1) is 0 Å². The van der Waals surface area contributed by atoms with Crippen LogP contribution in [0.2, 0.25) is 0 Å². The maximum atomic E-state index is 11.6. The lowest BCUT2D eigenvalue weighted by molar-refractivity contribution is -0.123. The van der Waals surface area contributed by atoms with Crippen molar-refractivity contribution in [3.63, 3.8) is 0 Å². The highest BCUT2D eigenvalue weighted by Crippen LogP contribution is 2.31. The molecule has 0 saturated heterocycles. The summed E-state index contributed by atoms with van der Waals surface area (Å²) in [6.45, 7) is -0.228. The van der Waals surface area contributed by atoms with Crippen LogP contribution in [0, 0.1) is 0 Å². The maximum absolute atomic E-state index is 11.6. The Balaban J connectivity index is 2.13. The third-order valence-corrected chi connectivity index (χ3v) is 3.11. The topological polar surface area (TPSA) is 107 Å². The van der Waals surface area contributed by atoms with Crippen LogP contribution < -0.4 is 20.5 Å². The molecule has 7 nitrogen and oxygen atoms in total. The first-order valence-corrected chi connectivity index (χ1v) is 7.04. The summed E-state index contributed by atoms with van der Waals surface area (Å²) in [7, 11) is 1.55. The molecule has 0 aliphatic heterocycles. The minimum atomic E-state index is -0.953. The van der Waals surface area contributed by atoms with Gasteiger partial charge in [0.05, 0.1) is 13.7 Å². The van der Waals surface area contributed by atoms with Gasteiger partial charge < -0.3 is 25.6 Å². The number of benzene rings is 1. The monoisotopic (exact) mass is 317 g/mol. The van der Waals surface area contributed by atoms with E-state index in [4.69, 9.17) is 20.3 Å². The minimum absolute atomic E-state index is 0.185. The van der Waals surface area contributed by atoms with Gasteiger partial charge in [0.15, 0.2) is 11.5 Å². The molecular weight excluding hydrogens is 298 g/mol. The molecule has 2 rings (SSSR count). The molecule has 2 aromatic rings. The Kier molecular flexibility index (Phi) is 5.90. The number of methoxy groups -OCH3 is 1. The quantitative estimate of drug-likeness (QED) is 0.698. The molecule has 1 aromatic carbocycles. The van der Waals surface area contributed by atoms with Crippen LogP contribution in [-0.4, -0.2) is 35.8 Å². The van der Waals surface area contributed by atoms with Crippen molar-refractivity contribution in [2.45, 2.75) is 12.6 Å². The summed E-state index contributed by atoms with van der Waals surface area (Å²) < 4.78 is 11.0. The van der Waals surface area contributed by atoms with Crippen LogP contribution in [0.4, 0.5) is 0 Å². The largest absolute Gasteiger partial charge is 0.493 e. The van der Waals surface area contributed by atoms with E-state index >= 15 is 0 Å². The molecule has 0 fully saturated rings. The summed E-state index contributed by atoms with van der Waals surface area (Å²) in [6.07, 6.45) is 1.59. The van der Waals surface area contributed by atoms with Gasteiger partial charge in [0, 0.05) is 18.3 Å². The number of nitrogens with two attached hydrogens (primary N) is 1. The second-order valence-electron chi connectivity index (χ2n) is 4.73. The standard InChI is InChI=1S/C16H19N3O4/c1-22-13-6-2-3-7-14(13)23-16-11(5-4-8-18-16)9-19-15(21)12(17)10-20/h2-8,12,20H,9-10,17H2,1H3,(H,19,21)/t12-/m0/s1. The number of nitrogens with one attached hydrogen (secondary N) is 1. The van der Waals surface area contributed by atoms with E-state index < -0.39 is 18.6 Å². The number of hydrogen-bond donors (Lipinski definition) is 3. The molecule has 0 spiro atoms. The lowest BCUT2D eigenvalue weighted by Crippen LogP contribution is -2.42. The number of carbonyl (C=O) groups excluding carboxylic acids is 1. The van der Waals surface area contributed by atoms with Crippen molar-refractivity contribution in [3.05, 3.63) is 48.2 Å². The highest BCUT2D eigenvalue weighted by atomic mass is 16.5. The van der Waals surface area contributed by atoms with E-state index in [-0.39, 0.29) is 6.54 Å². The number of ether oxygens (including phenoxy) is 2. The molecule has 0 aliphatic rings. The summed E-state index contributed by atoms with van der Waals surface area (Å²) in [6, 6.07) is 9.76. The van der Waals surface area contributed by atoms with Crippen molar-refractivity contribution < 1.29 is 19.4 Å². The predicted octanol–water partition coefficient (Wildman–Crippen LogP) is 0.818. The van der Waals surface area contributed by atoms with Crippen LogP contribution >= 0.6 is 0 Å². The molecule has 1 aromatic heterocycles. The zero-order valence-corrected chi connectivity index (χ0v) is 12.7. The SMILES string of the molecule is COc1ccccc1Oc1ncccc1CNC(=O)[C@@H](N)CO. The van der Waals surface area contributed by atoms with Crippen molar-refractivity contribution in [3.8, 4) is 17.4 Å². The van der Waals surface area contributed by atoms with Crippen molar-refractivity contribution >= 4 is 5.91 Å². The van der Waals surface area contributed by atoms with Gasteiger partial charge in [0.1, 0.15) is 6.04 Å². The van der Waals surface area contributed by atoms with Gasteiger partial charge in [-0.3, -0.25) is 4.79 Å². The smallest absolute Gasteiger partial charge is 0.239 e. The van der Waals surface area contributed by atoms with Gasteiger partial charge >= 0.3 is 0 Å². The zero-order valence-electron chi connectivity index (χ0n) is 12.7. The van der Waals surface area contributed by atoms with E-state index in [2.05, 4.69) is 10.3 Å². The van der Waals surface area contributed by atoms with Crippen LogP contribution in [0.15, 0.2) is 42.6 Å². The molecule has 7 heteroatoms. The number of hydrogen-bond acceptors (Lipinski definition) is 6. The molecule has 1 amide bonds. The first kappa shape index (κ1) is 16.7. The molecular formula is C16H19N3O4. The average Bonchev–Trinajstić information content (AvgIpc) is 2.60. The number of aromatic nitrogens is 1. The van der Waals surface area contributed by atoms with Gasteiger partial charge in [-0.05, 0) is 18.2 Å². The summed E-state index contributed by atoms with van der Waals surface area (Å²) in [5.41, 5.74) is 6.13. The molecule has 4 N–H and O–H groups in total. The lowest BCUT2D eigenvalue weighted by atomic mass is 10.2. The number of nitrogens with zero attached hydrogens (tertiary/aromatic N) is 1.